The SMILES string of the molecule is Cc1csc(C(C)NCc2cc[nH]c2)n1. The molecule has 0 aliphatic carbocycles. The Bertz CT molecular complexity index is 405. The minimum absolute atomic E-state index is 0.318. The largest absolute Gasteiger partial charge is 0.367 e. The lowest BCUT2D eigenvalue weighted by Gasteiger charge is -2.09. The number of nitrogens with one attached hydrogen (secondary N) is 2. The van der Waals surface area contributed by atoms with Gasteiger partial charge in [0.15, 0.2) is 0 Å². The van der Waals surface area contributed by atoms with Crippen LogP contribution in [0.25, 0.3) is 0 Å². The molecule has 3 nitrogen and oxygen atoms in total. The summed E-state index contributed by atoms with van der Waals surface area (Å²) in [5.41, 5.74) is 2.38. The van der Waals surface area contributed by atoms with E-state index in [1.165, 1.54) is 5.56 Å². The topological polar surface area (TPSA) is 40.7 Å². The maximum Gasteiger partial charge on any atom is 0.110 e. The Morgan fingerprint density at radius 1 is 1.60 bits per heavy atom. The van der Waals surface area contributed by atoms with Crippen LogP contribution in [0.5, 0.6) is 0 Å². The average molecular weight is 221 g/mol. The summed E-state index contributed by atoms with van der Waals surface area (Å²) in [5.74, 6) is 0. The summed E-state index contributed by atoms with van der Waals surface area (Å²) in [6.07, 6.45) is 3.95. The van der Waals surface area contributed by atoms with Gasteiger partial charge in [-0.05, 0) is 25.5 Å². The highest BCUT2D eigenvalue weighted by Gasteiger charge is 2.08. The maximum absolute atomic E-state index is 4.46. The van der Waals surface area contributed by atoms with Crippen molar-refractivity contribution in [3.63, 3.8) is 0 Å². The van der Waals surface area contributed by atoms with Gasteiger partial charge in [0.1, 0.15) is 5.01 Å². The smallest absolute Gasteiger partial charge is 0.110 e. The number of hydrogen-bond donors (Lipinski definition) is 2. The van der Waals surface area contributed by atoms with Gasteiger partial charge in [0.25, 0.3) is 0 Å². The van der Waals surface area contributed by atoms with Crippen LogP contribution in [0.4, 0.5) is 0 Å². The van der Waals surface area contributed by atoms with Crippen molar-refractivity contribution in [1.29, 1.82) is 0 Å². The van der Waals surface area contributed by atoms with E-state index in [0.717, 1.165) is 17.2 Å². The van der Waals surface area contributed by atoms with Crippen LogP contribution >= 0.6 is 11.3 Å². The molecule has 4 heteroatoms. The van der Waals surface area contributed by atoms with Crippen molar-refractivity contribution in [1.82, 2.24) is 15.3 Å². The zero-order valence-electron chi connectivity index (χ0n) is 8.95. The van der Waals surface area contributed by atoms with Crippen LogP contribution in [-0.2, 0) is 6.54 Å². The number of aryl methyl sites for hydroxylation is 1. The number of hydrogen-bond acceptors (Lipinski definition) is 3. The van der Waals surface area contributed by atoms with Gasteiger partial charge >= 0.3 is 0 Å². The lowest BCUT2D eigenvalue weighted by atomic mass is 10.3. The first kappa shape index (κ1) is 10.4. The first-order valence-corrected chi connectivity index (χ1v) is 5.91. The number of nitrogens with zero attached hydrogens (tertiary/aromatic N) is 1. The molecule has 0 bridgehead atoms. The van der Waals surface area contributed by atoms with E-state index in [0.29, 0.717) is 6.04 Å². The van der Waals surface area contributed by atoms with E-state index in [2.05, 4.69) is 33.7 Å². The molecule has 1 unspecified atom stereocenters. The Balaban J connectivity index is 1.90. The van der Waals surface area contributed by atoms with Crippen molar-refractivity contribution in [2.75, 3.05) is 0 Å². The molecule has 0 amide bonds. The van der Waals surface area contributed by atoms with Gasteiger partial charge in [0.2, 0.25) is 0 Å². The highest BCUT2D eigenvalue weighted by Crippen LogP contribution is 2.17. The summed E-state index contributed by atoms with van der Waals surface area (Å²) in [5, 5.41) is 6.69. The number of H-pyrrole nitrogens is 1. The fourth-order valence-electron chi connectivity index (χ4n) is 1.40. The van der Waals surface area contributed by atoms with E-state index in [1.807, 2.05) is 19.3 Å². The summed E-state index contributed by atoms with van der Waals surface area (Å²) in [4.78, 5) is 7.50. The van der Waals surface area contributed by atoms with E-state index in [1.54, 1.807) is 11.3 Å². The molecule has 0 aromatic carbocycles. The Hall–Kier alpha value is -1.13. The van der Waals surface area contributed by atoms with Crippen molar-refractivity contribution in [2.24, 2.45) is 0 Å². The van der Waals surface area contributed by atoms with E-state index in [9.17, 15) is 0 Å². The predicted octanol–water partition coefficient (Wildman–Crippen LogP) is 2.63. The van der Waals surface area contributed by atoms with Gasteiger partial charge in [0, 0.05) is 30.0 Å². The van der Waals surface area contributed by atoms with Crippen LogP contribution in [0.2, 0.25) is 0 Å². The first-order valence-electron chi connectivity index (χ1n) is 5.03. The molecule has 2 rings (SSSR count). The molecule has 15 heavy (non-hydrogen) atoms. The third-order valence-corrected chi connectivity index (χ3v) is 3.43. The predicted molar refractivity (Wildman–Crippen MR) is 62.9 cm³/mol. The second-order valence-electron chi connectivity index (χ2n) is 3.65. The third kappa shape index (κ3) is 2.67. The molecule has 0 radical (unpaired) electrons. The zero-order valence-corrected chi connectivity index (χ0v) is 9.77. The molecule has 0 saturated carbocycles. The summed E-state index contributed by atoms with van der Waals surface area (Å²) in [6.45, 7) is 5.05. The van der Waals surface area contributed by atoms with Crippen molar-refractivity contribution in [3.8, 4) is 0 Å². The molecule has 1 atom stereocenters. The minimum Gasteiger partial charge on any atom is -0.367 e. The summed E-state index contributed by atoms with van der Waals surface area (Å²) in [6, 6.07) is 2.39. The third-order valence-electron chi connectivity index (χ3n) is 2.28. The highest BCUT2D eigenvalue weighted by atomic mass is 32.1. The van der Waals surface area contributed by atoms with Gasteiger partial charge in [-0.25, -0.2) is 4.98 Å². The van der Waals surface area contributed by atoms with Gasteiger partial charge in [-0.3, -0.25) is 0 Å². The van der Waals surface area contributed by atoms with Gasteiger partial charge in [-0.2, -0.15) is 0 Å². The maximum atomic E-state index is 4.46. The van der Waals surface area contributed by atoms with Crippen molar-refractivity contribution < 1.29 is 0 Å². The molecule has 2 heterocycles. The van der Waals surface area contributed by atoms with Gasteiger partial charge < -0.3 is 10.3 Å². The van der Waals surface area contributed by atoms with Gasteiger partial charge in [0.05, 0.1) is 6.04 Å². The van der Waals surface area contributed by atoms with Crippen LogP contribution < -0.4 is 5.32 Å². The summed E-state index contributed by atoms with van der Waals surface area (Å²) in [7, 11) is 0. The molecule has 2 N–H and O–H groups in total. The molecule has 0 spiro atoms. The standard InChI is InChI=1S/C11H15N3S/c1-8-7-15-11(14-8)9(2)13-6-10-3-4-12-5-10/h3-5,7,9,12-13H,6H2,1-2H3. The molecule has 2 aromatic rings. The van der Waals surface area contributed by atoms with E-state index in [-0.39, 0.29) is 0 Å². The average Bonchev–Trinajstić information content (AvgIpc) is 2.84. The Morgan fingerprint density at radius 2 is 2.47 bits per heavy atom. The molecule has 0 aliphatic heterocycles. The molecule has 80 valence electrons. The van der Waals surface area contributed by atoms with Crippen molar-refractivity contribution in [3.05, 3.63) is 40.1 Å². The first-order chi connectivity index (χ1) is 7.25. The van der Waals surface area contributed by atoms with Gasteiger partial charge in [-0.15, -0.1) is 11.3 Å². The van der Waals surface area contributed by atoms with E-state index >= 15 is 0 Å². The fourth-order valence-corrected chi connectivity index (χ4v) is 2.23. The molecule has 2 aromatic heterocycles. The van der Waals surface area contributed by atoms with E-state index in [4.69, 9.17) is 0 Å². The number of aromatic nitrogens is 2. The number of aromatic amines is 1. The monoisotopic (exact) mass is 221 g/mol. The second-order valence-corrected chi connectivity index (χ2v) is 4.54. The quantitative estimate of drug-likeness (QED) is 0.833. The lowest BCUT2D eigenvalue weighted by Crippen LogP contribution is -2.17. The fraction of sp³-hybridized carbons (Fsp3) is 0.364. The summed E-state index contributed by atoms with van der Waals surface area (Å²) >= 11 is 1.71. The van der Waals surface area contributed by atoms with Crippen molar-refractivity contribution in [2.45, 2.75) is 26.4 Å². The molecule has 0 fully saturated rings. The highest BCUT2D eigenvalue weighted by molar-refractivity contribution is 7.09. The van der Waals surface area contributed by atoms with E-state index < -0.39 is 0 Å². The van der Waals surface area contributed by atoms with Crippen LogP contribution in [0, 0.1) is 6.92 Å². The Morgan fingerprint density at radius 3 is 3.07 bits per heavy atom. The van der Waals surface area contributed by atoms with Crippen LogP contribution in [0.1, 0.15) is 29.2 Å². The molecule has 0 saturated heterocycles. The molecular weight excluding hydrogens is 206 g/mol. The van der Waals surface area contributed by atoms with Crippen LogP contribution in [-0.4, -0.2) is 9.97 Å². The normalized spacial score (nSPS) is 12.9. The van der Waals surface area contributed by atoms with Gasteiger partial charge in [-0.1, -0.05) is 0 Å². The number of thiazole rings is 1. The Labute approximate surface area is 93.6 Å². The van der Waals surface area contributed by atoms with Crippen LogP contribution in [0.15, 0.2) is 23.8 Å². The minimum atomic E-state index is 0.318. The summed E-state index contributed by atoms with van der Waals surface area (Å²) < 4.78 is 0. The Kier molecular flexibility index (Phi) is 3.18. The lowest BCUT2D eigenvalue weighted by molar-refractivity contribution is 0.571. The van der Waals surface area contributed by atoms with Crippen molar-refractivity contribution >= 4 is 11.3 Å². The van der Waals surface area contributed by atoms with Crippen LogP contribution in [0.3, 0.4) is 0 Å². The second kappa shape index (κ2) is 4.59. The number of rotatable bonds is 4. The molecular formula is C11H15N3S. The molecule has 0 aliphatic rings. The zero-order chi connectivity index (χ0) is 10.7.